The van der Waals surface area contributed by atoms with Gasteiger partial charge in [-0.1, -0.05) is 46.2 Å². The molecule has 50 heavy (non-hydrogen) atoms. The van der Waals surface area contributed by atoms with Gasteiger partial charge in [0.15, 0.2) is 5.82 Å². The summed E-state index contributed by atoms with van der Waals surface area (Å²) < 4.78 is 22.3. The van der Waals surface area contributed by atoms with E-state index >= 15 is 0 Å². The maximum absolute atomic E-state index is 13.8. The van der Waals surface area contributed by atoms with Gasteiger partial charge in [0.1, 0.15) is 30.7 Å². The molecule has 0 bridgehead atoms. The Morgan fingerprint density at radius 3 is 2.40 bits per heavy atom. The van der Waals surface area contributed by atoms with Crippen LogP contribution in [0.1, 0.15) is 37.1 Å². The maximum Gasteiger partial charge on any atom is 0.243 e. The van der Waals surface area contributed by atoms with Crippen molar-refractivity contribution in [3.05, 3.63) is 29.0 Å². The Morgan fingerprint density at radius 2 is 1.76 bits per heavy atom. The number of hydrogen-bond acceptors (Lipinski definition) is 8. The van der Waals surface area contributed by atoms with Crippen molar-refractivity contribution < 1.29 is 19.0 Å². The molecule has 1 amide bonds. The molecule has 2 aliphatic carbocycles. The van der Waals surface area contributed by atoms with Gasteiger partial charge in [-0.3, -0.25) is 14.3 Å². The summed E-state index contributed by atoms with van der Waals surface area (Å²) in [5.74, 6) is 1.32. The first-order chi connectivity index (χ1) is 23.6. The molecule has 3 aliphatic rings. The van der Waals surface area contributed by atoms with Crippen molar-refractivity contribution in [1.82, 2.24) is 24.2 Å². The maximum atomic E-state index is 13.8. The van der Waals surface area contributed by atoms with E-state index in [0.717, 1.165) is 42.7 Å². The number of amides is 1. The average Bonchev–Trinajstić information content (AvgIpc) is 3.43. The number of ether oxygens (including phenoxy) is 3. The number of likely N-dealkylation sites (N-methyl/N-ethyl adjacent to an activating group) is 1. The Hall–Kier alpha value is -2.87. The third-order valence-corrected chi connectivity index (χ3v) is 14.4. The van der Waals surface area contributed by atoms with Crippen LogP contribution in [0.5, 0.6) is 0 Å². The van der Waals surface area contributed by atoms with Gasteiger partial charge in [0.2, 0.25) is 5.91 Å². The molecule has 0 unspecified atom stereocenters. The molecule has 1 aromatic carbocycles. The molecule has 0 spiro atoms. The standard InChI is InChI=1S/C37H57N7O4Si2/c1-26(42-10-12-46-13-11-42)36(45)41(3)29-18-27(23-38)33-31(20-29)43(24-47-14-16-49(4,5)6)35(39-33)34-30-19-28-21-37(28,2)22-32(30)44(40-34)25-48-15-17-50(7,8)9/h18,20,26,28H,10-17,19,21-22,24-25H2,1-9H3/t26-,28+,37+/m0/s1. The summed E-state index contributed by atoms with van der Waals surface area (Å²) >= 11 is 0. The van der Waals surface area contributed by atoms with Crippen LogP contribution in [0.4, 0.5) is 5.69 Å². The van der Waals surface area contributed by atoms with Crippen LogP contribution in [0.15, 0.2) is 12.1 Å². The molecule has 2 aromatic heterocycles. The number of imidazole rings is 1. The van der Waals surface area contributed by atoms with E-state index in [4.69, 9.17) is 24.3 Å². The first-order valence-corrected chi connectivity index (χ1v) is 25.8. The molecule has 3 heterocycles. The van der Waals surface area contributed by atoms with Crippen molar-refractivity contribution in [3.8, 4) is 17.6 Å². The fourth-order valence-corrected chi connectivity index (χ4v) is 8.80. The lowest BCUT2D eigenvalue weighted by molar-refractivity contribution is -0.124. The summed E-state index contributed by atoms with van der Waals surface area (Å²) in [6.07, 6.45) is 3.16. The monoisotopic (exact) mass is 719 g/mol. The number of hydrogen-bond donors (Lipinski definition) is 0. The van der Waals surface area contributed by atoms with E-state index in [1.54, 1.807) is 18.0 Å². The molecule has 0 N–H and O–H groups in total. The first-order valence-electron chi connectivity index (χ1n) is 18.4. The van der Waals surface area contributed by atoms with Crippen LogP contribution >= 0.6 is 0 Å². The molecule has 11 nitrogen and oxygen atoms in total. The Bertz CT molecular complexity index is 1760. The SMILES string of the molecule is C[C@@H](C(=O)N(C)c1cc(C#N)c2nc(-c3nn(COCC[Si](C)(C)C)c4c3C[C@@H]3C[C@]3(C)C4)n(COCC[Si](C)(C)C)c2c1)N1CCOCC1. The zero-order valence-electron chi connectivity index (χ0n) is 31.8. The van der Waals surface area contributed by atoms with Crippen molar-refractivity contribution in [2.24, 2.45) is 11.3 Å². The molecular formula is C37H57N7O4Si2. The lowest BCUT2D eigenvalue weighted by atomic mass is 9.87. The van der Waals surface area contributed by atoms with E-state index in [-0.39, 0.29) is 18.7 Å². The van der Waals surface area contributed by atoms with E-state index in [9.17, 15) is 10.1 Å². The van der Waals surface area contributed by atoms with Crippen LogP contribution in [0.25, 0.3) is 22.6 Å². The predicted octanol–water partition coefficient (Wildman–Crippen LogP) is 6.20. The summed E-state index contributed by atoms with van der Waals surface area (Å²) in [4.78, 5) is 22.8. The van der Waals surface area contributed by atoms with Crippen LogP contribution in [-0.4, -0.2) is 98.9 Å². The highest BCUT2D eigenvalue weighted by atomic mass is 28.3. The van der Waals surface area contributed by atoms with Crippen molar-refractivity contribution >= 4 is 38.8 Å². The third-order valence-electron chi connectivity index (χ3n) is 11.0. The van der Waals surface area contributed by atoms with E-state index in [1.807, 2.05) is 13.0 Å². The lowest BCUT2D eigenvalue weighted by Gasteiger charge is -2.33. The summed E-state index contributed by atoms with van der Waals surface area (Å²) in [5, 5.41) is 15.7. The van der Waals surface area contributed by atoms with Gasteiger partial charge in [0, 0.05) is 66.4 Å². The second-order valence-corrected chi connectivity index (χ2v) is 28.7. The number of carbonyl (C=O) groups excluding carboxylic acids is 1. The molecule has 272 valence electrons. The van der Waals surface area contributed by atoms with E-state index in [0.29, 0.717) is 73.6 Å². The van der Waals surface area contributed by atoms with Crippen LogP contribution in [-0.2, 0) is 45.3 Å². The molecular weight excluding hydrogens is 663 g/mol. The number of fused-ring (bicyclic) bond motifs is 3. The minimum absolute atomic E-state index is 0.0257. The molecule has 1 saturated heterocycles. The molecule has 2 fully saturated rings. The summed E-state index contributed by atoms with van der Waals surface area (Å²) in [6, 6.07) is 8.00. The molecule has 3 aromatic rings. The number of nitriles is 1. The quantitative estimate of drug-likeness (QED) is 0.143. The highest BCUT2D eigenvalue weighted by molar-refractivity contribution is 6.76. The van der Waals surface area contributed by atoms with E-state index in [2.05, 4.69) is 66.4 Å². The number of rotatable bonds is 14. The van der Waals surface area contributed by atoms with Crippen LogP contribution in [0, 0.1) is 22.7 Å². The fourth-order valence-electron chi connectivity index (χ4n) is 7.29. The predicted molar refractivity (Wildman–Crippen MR) is 203 cm³/mol. The third kappa shape index (κ3) is 7.95. The lowest BCUT2D eigenvalue weighted by Crippen LogP contribution is -2.50. The van der Waals surface area contributed by atoms with E-state index < -0.39 is 16.1 Å². The van der Waals surface area contributed by atoms with Gasteiger partial charge in [0.25, 0.3) is 0 Å². The van der Waals surface area contributed by atoms with E-state index in [1.165, 1.54) is 17.7 Å². The highest BCUT2D eigenvalue weighted by Gasteiger charge is 2.54. The molecule has 0 radical (unpaired) electrons. The van der Waals surface area contributed by atoms with Crippen molar-refractivity contribution in [1.29, 1.82) is 5.26 Å². The summed E-state index contributed by atoms with van der Waals surface area (Å²) in [7, 11) is -0.750. The number of benzene rings is 1. The minimum Gasteiger partial charge on any atom is -0.379 e. The van der Waals surface area contributed by atoms with Gasteiger partial charge in [-0.25, -0.2) is 9.67 Å². The number of carbonyl (C=O) groups is 1. The number of nitrogens with zero attached hydrogens (tertiary/aromatic N) is 7. The first kappa shape index (κ1) is 36.9. The second kappa shape index (κ2) is 14.3. The van der Waals surface area contributed by atoms with Crippen molar-refractivity contribution in [2.75, 3.05) is 51.5 Å². The van der Waals surface area contributed by atoms with Gasteiger partial charge in [-0.2, -0.15) is 10.4 Å². The van der Waals surface area contributed by atoms with Crippen LogP contribution < -0.4 is 4.90 Å². The Morgan fingerprint density at radius 1 is 1.10 bits per heavy atom. The number of aromatic nitrogens is 4. The molecule has 6 rings (SSSR count). The van der Waals surface area contributed by atoms with Gasteiger partial charge < -0.3 is 19.1 Å². The summed E-state index contributed by atoms with van der Waals surface area (Å²) in [5.41, 5.74) is 6.10. The number of morpholine rings is 1. The Labute approximate surface area is 299 Å². The second-order valence-electron chi connectivity index (χ2n) is 17.5. The fraction of sp³-hybridized carbons (Fsp3) is 0.676. The highest BCUT2D eigenvalue weighted by Crippen LogP contribution is 2.60. The largest absolute Gasteiger partial charge is 0.379 e. The normalized spacial score (nSPS) is 21.5. The van der Waals surface area contributed by atoms with Gasteiger partial charge >= 0.3 is 0 Å². The van der Waals surface area contributed by atoms with Gasteiger partial charge in [-0.05, 0) is 61.7 Å². The zero-order chi connectivity index (χ0) is 36.0. The average molecular weight is 720 g/mol. The molecule has 1 aliphatic heterocycles. The summed E-state index contributed by atoms with van der Waals surface area (Å²) in [6.45, 7) is 23.2. The number of anilines is 1. The Kier molecular flexibility index (Phi) is 10.5. The van der Waals surface area contributed by atoms with Crippen molar-refractivity contribution in [2.45, 2.75) is 104 Å². The zero-order valence-corrected chi connectivity index (χ0v) is 33.8. The molecule has 3 atom stereocenters. The molecule has 13 heteroatoms. The van der Waals surface area contributed by atoms with Gasteiger partial charge in [-0.15, -0.1) is 0 Å². The van der Waals surface area contributed by atoms with Crippen molar-refractivity contribution in [3.63, 3.8) is 0 Å². The minimum atomic E-state index is -1.32. The molecule has 1 saturated carbocycles. The van der Waals surface area contributed by atoms with Crippen LogP contribution in [0.3, 0.4) is 0 Å². The topological polar surface area (TPSA) is 111 Å². The smallest absolute Gasteiger partial charge is 0.243 e. The van der Waals surface area contributed by atoms with Crippen LogP contribution in [0.2, 0.25) is 51.4 Å². The van der Waals surface area contributed by atoms with Gasteiger partial charge in [0.05, 0.1) is 30.3 Å². The Balaban J connectivity index is 1.40.